The van der Waals surface area contributed by atoms with Gasteiger partial charge in [-0.1, -0.05) is 26.0 Å². The monoisotopic (exact) mass is 504 g/mol. The van der Waals surface area contributed by atoms with Crippen molar-refractivity contribution in [1.82, 2.24) is 30.1 Å². The highest BCUT2D eigenvalue weighted by Gasteiger charge is 2.31. The lowest BCUT2D eigenvalue weighted by Gasteiger charge is -2.33. The molecule has 9 heteroatoms. The number of aromatic nitrogens is 5. The number of benzene rings is 2. The molecule has 0 aliphatic rings. The lowest BCUT2D eigenvalue weighted by Crippen LogP contribution is -2.36. The number of hydrogen-bond donors (Lipinski definition) is 1. The lowest BCUT2D eigenvalue weighted by molar-refractivity contribution is 0.150. The minimum atomic E-state index is -0.241. The average molecular weight is 505 g/mol. The molecular weight excluding hydrogens is 468 g/mol. The van der Waals surface area contributed by atoms with E-state index in [1.165, 1.54) is 0 Å². The first kappa shape index (κ1) is 26.3. The zero-order chi connectivity index (χ0) is 26.6. The number of tetrazole rings is 1. The summed E-state index contributed by atoms with van der Waals surface area (Å²) < 4.78 is 12.7. The largest absolute Gasteiger partial charge is 0.497 e. The number of nitrogens with zero attached hydrogens (tertiary/aromatic N) is 5. The molecule has 1 atom stereocenters. The van der Waals surface area contributed by atoms with Crippen LogP contribution >= 0.6 is 0 Å². The fourth-order valence-corrected chi connectivity index (χ4v) is 4.52. The number of H-pyrrole nitrogens is 1. The third-order valence-electron chi connectivity index (χ3n) is 7.10. The Kier molecular flexibility index (Phi) is 7.92. The summed E-state index contributed by atoms with van der Waals surface area (Å²) >= 11 is 0. The molecule has 0 unspecified atom stereocenters. The van der Waals surface area contributed by atoms with E-state index in [-0.39, 0.29) is 17.1 Å². The summed E-state index contributed by atoms with van der Waals surface area (Å²) in [6.45, 7) is 9.55. The van der Waals surface area contributed by atoms with E-state index in [0.717, 1.165) is 46.6 Å². The number of nitrogens with one attached hydrogen (secondary N) is 1. The molecule has 0 saturated carbocycles. The van der Waals surface area contributed by atoms with Gasteiger partial charge in [-0.15, -0.1) is 5.10 Å². The Labute approximate surface area is 217 Å². The quantitative estimate of drug-likeness (QED) is 0.312. The van der Waals surface area contributed by atoms with Crippen LogP contribution in [0.4, 0.5) is 0 Å². The number of rotatable bonds is 11. The van der Waals surface area contributed by atoms with Crippen molar-refractivity contribution in [3.63, 3.8) is 0 Å². The Balaban J connectivity index is 1.77. The number of ether oxygens (including phenoxy) is 2. The van der Waals surface area contributed by atoms with Crippen molar-refractivity contribution in [3.05, 3.63) is 75.8 Å². The predicted octanol–water partition coefficient (Wildman–Crippen LogP) is 4.83. The molecule has 1 N–H and O–H groups in total. The van der Waals surface area contributed by atoms with Gasteiger partial charge in [0.2, 0.25) is 0 Å². The standard InChI is InChI=1S/C28H36N6O3/c1-7-25(26-30-31-32-34(26)28(3,4)8-2)33(17-19-9-11-22(36-5)12-10-19)18-21-15-20-16-23(37-6)13-14-24(20)29-27(21)35/h9-16,25H,7-8,17-18H2,1-6H3,(H,29,35)/t25-/m1/s1. The second kappa shape index (κ2) is 11.1. The van der Waals surface area contributed by atoms with Crippen molar-refractivity contribution in [3.8, 4) is 11.5 Å². The van der Waals surface area contributed by atoms with E-state index < -0.39 is 0 Å². The van der Waals surface area contributed by atoms with E-state index in [2.05, 4.69) is 53.1 Å². The predicted molar refractivity (Wildman–Crippen MR) is 144 cm³/mol. The zero-order valence-corrected chi connectivity index (χ0v) is 22.5. The summed E-state index contributed by atoms with van der Waals surface area (Å²) in [5, 5.41) is 13.8. The number of pyridine rings is 1. The number of aromatic amines is 1. The topological polar surface area (TPSA) is 98.2 Å². The molecule has 37 heavy (non-hydrogen) atoms. The minimum Gasteiger partial charge on any atom is -0.497 e. The van der Waals surface area contributed by atoms with Crippen LogP contribution in [-0.4, -0.2) is 44.3 Å². The summed E-state index contributed by atoms with van der Waals surface area (Å²) in [7, 11) is 3.29. The highest BCUT2D eigenvalue weighted by atomic mass is 16.5. The molecule has 0 amide bonds. The molecule has 9 nitrogen and oxygen atoms in total. The Hall–Kier alpha value is -3.72. The first-order valence-corrected chi connectivity index (χ1v) is 12.6. The SMILES string of the molecule is CC[C@H](c1nnnn1C(C)(C)CC)N(Cc1ccc(OC)cc1)Cc1cc2cc(OC)ccc2[nH]c1=O. The number of hydrogen-bond acceptors (Lipinski definition) is 7. The Morgan fingerprint density at radius 1 is 1.00 bits per heavy atom. The van der Waals surface area contributed by atoms with Crippen LogP contribution in [0.2, 0.25) is 0 Å². The van der Waals surface area contributed by atoms with Crippen LogP contribution in [0.15, 0.2) is 53.3 Å². The molecule has 0 bridgehead atoms. The van der Waals surface area contributed by atoms with E-state index in [4.69, 9.17) is 9.47 Å². The van der Waals surface area contributed by atoms with E-state index in [0.29, 0.717) is 18.7 Å². The number of methoxy groups -OCH3 is 2. The van der Waals surface area contributed by atoms with E-state index in [1.54, 1.807) is 14.2 Å². The van der Waals surface area contributed by atoms with Gasteiger partial charge in [-0.2, -0.15) is 0 Å². The van der Waals surface area contributed by atoms with Gasteiger partial charge < -0.3 is 14.5 Å². The molecule has 0 saturated heterocycles. The second-order valence-electron chi connectivity index (χ2n) is 9.87. The van der Waals surface area contributed by atoms with Crippen LogP contribution in [-0.2, 0) is 18.6 Å². The maximum atomic E-state index is 13.2. The molecule has 196 valence electrons. The number of fused-ring (bicyclic) bond motifs is 1. The highest BCUT2D eigenvalue weighted by Crippen LogP contribution is 2.30. The normalized spacial score (nSPS) is 12.7. The van der Waals surface area contributed by atoms with Gasteiger partial charge in [0.1, 0.15) is 11.5 Å². The van der Waals surface area contributed by atoms with Gasteiger partial charge in [-0.05, 0) is 79.1 Å². The smallest absolute Gasteiger partial charge is 0.252 e. The van der Waals surface area contributed by atoms with Crippen molar-refractivity contribution in [2.45, 2.75) is 65.2 Å². The second-order valence-corrected chi connectivity index (χ2v) is 9.87. The fraction of sp³-hybridized carbons (Fsp3) is 0.429. The van der Waals surface area contributed by atoms with Gasteiger partial charge in [0.25, 0.3) is 5.56 Å². The van der Waals surface area contributed by atoms with Crippen molar-refractivity contribution in [1.29, 1.82) is 0 Å². The summed E-state index contributed by atoms with van der Waals surface area (Å²) in [4.78, 5) is 18.5. The maximum Gasteiger partial charge on any atom is 0.252 e. The van der Waals surface area contributed by atoms with Crippen molar-refractivity contribution in [2.75, 3.05) is 14.2 Å². The molecule has 0 fully saturated rings. The van der Waals surface area contributed by atoms with E-state index in [1.807, 2.05) is 53.2 Å². The van der Waals surface area contributed by atoms with Crippen molar-refractivity contribution in [2.24, 2.45) is 0 Å². The van der Waals surface area contributed by atoms with Gasteiger partial charge in [-0.3, -0.25) is 9.69 Å². The lowest BCUT2D eigenvalue weighted by atomic mass is 10.0. The summed E-state index contributed by atoms with van der Waals surface area (Å²) in [6.07, 6.45) is 1.65. The van der Waals surface area contributed by atoms with E-state index in [9.17, 15) is 4.79 Å². The molecule has 0 spiro atoms. The maximum absolute atomic E-state index is 13.2. The third-order valence-corrected chi connectivity index (χ3v) is 7.10. The first-order valence-electron chi connectivity index (χ1n) is 12.6. The molecule has 4 aromatic rings. The van der Waals surface area contributed by atoms with Crippen molar-refractivity contribution < 1.29 is 9.47 Å². The van der Waals surface area contributed by atoms with Crippen LogP contribution < -0.4 is 15.0 Å². The fourth-order valence-electron chi connectivity index (χ4n) is 4.52. The molecule has 2 heterocycles. The molecule has 2 aromatic heterocycles. The van der Waals surface area contributed by atoms with Gasteiger partial charge in [0, 0.05) is 29.6 Å². The molecule has 0 radical (unpaired) electrons. The van der Waals surface area contributed by atoms with Crippen LogP contribution in [0, 0.1) is 0 Å². The first-order chi connectivity index (χ1) is 17.8. The zero-order valence-electron chi connectivity index (χ0n) is 22.5. The molecular formula is C28H36N6O3. The van der Waals surface area contributed by atoms with Gasteiger partial charge >= 0.3 is 0 Å². The van der Waals surface area contributed by atoms with E-state index >= 15 is 0 Å². The summed E-state index contributed by atoms with van der Waals surface area (Å²) in [6, 6.07) is 15.5. The average Bonchev–Trinajstić information content (AvgIpc) is 3.40. The molecule has 2 aromatic carbocycles. The Morgan fingerprint density at radius 3 is 2.35 bits per heavy atom. The third kappa shape index (κ3) is 5.67. The molecule has 0 aliphatic carbocycles. The minimum absolute atomic E-state index is 0.108. The molecule has 0 aliphatic heterocycles. The van der Waals surface area contributed by atoms with Gasteiger partial charge in [0.05, 0.1) is 25.8 Å². The van der Waals surface area contributed by atoms with Gasteiger partial charge in [0.15, 0.2) is 5.82 Å². The van der Waals surface area contributed by atoms with Crippen LogP contribution in [0.3, 0.4) is 0 Å². The van der Waals surface area contributed by atoms with Gasteiger partial charge in [-0.25, -0.2) is 4.68 Å². The van der Waals surface area contributed by atoms with Crippen LogP contribution in [0.25, 0.3) is 10.9 Å². The Morgan fingerprint density at radius 2 is 1.70 bits per heavy atom. The summed E-state index contributed by atoms with van der Waals surface area (Å²) in [5.41, 5.74) is 2.20. The van der Waals surface area contributed by atoms with Crippen molar-refractivity contribution >= 4 is 10.9 Å². The highest BCUT2D eigenvalue weighted by molar-refractivity contribution is 5.80. The van der Waals surface area contributed by atoms with Crippen LogP contribution in [0.1, 0.15) is 63.5 Å². The summed E-state index contributed by atoms with van der Waals surface area (Å²) in [5.74, 6) is 2.34. The molecule has 4 rings (SSSR count). The van der Waals surface area contributed by atoms with Crippen LogP contribution in [0.5, 0.6) is 11.5 Å². The Bertz CT molecular complexity index is 1390.